The second-order valence-electron chi connectivity index (χ2n) is 9.52. The van der Waals surface area contributed by atoms with Crippen molar-refractivity contribution in [2.45, 2.75) is 71.0 Å². The van der Waals surface area contributed by atoms with Crippen molar-refractivity contribution >= 4 is 17.2 Å². The van der Waals surface area contributed by atoms with Gasteiger partial charge in [-0.05, 0) is 54.4 Å². The number of nitrogens with two attached hydrogens (primary N) is 1. The SMILES string of the molecule is CC12COC(CN)OC1CCC1(C)C(CC(=O)NCc3cccs3)C(O)CCC21. The molecule has 3 fully saturated rings. The van der Waals surface area contributed by atoms with Crippen LogP contribution in [-0.2, 0) is 20.8 Å². The van der Waals surface area contributed by atoms with E-state index in [0.717, 1.165) is 30.6 Å². The van der Waals surface area contributed by atoms with Crippen molar-refractivity contribution in [2.24, 2.45) is 28.4 Å². The molecule has 0 radical (unpaired) electrons. The Morgan fingerprint density at radius 2 is 2.17 bits per heavy atom. The Morgan fingerprint density at radius 1 is 1.34 bits per heavy atom. The maximum absolute atomic E-state index is 12.7. The number of fused-ring (bicyclic) bond motifs is 3. The van der Waals surface area contributed by atoms with E-state index in [1.165, 1.54) is 0 Å². The Labute approximate surface area is 177 Å². The van der Waals surface area contributed by atoms with Crippen LogP contribution in [0.5, 0.6) is 0 Å². The lowest BCUT2D eigenvalue weighted by atomic mass is 9.46. The standard InChI is InChI=1S/C22H34N2O4S/c1-21-8-7-18-22(2,13-27-20(11-23)28-18)17(21)6-5-16(25)15(21)10-19(26)24-12-14-4-3-9-29-14/h3-4,9,15-18,20,25H,5-8,10-13,23H2,1-2H3,(H,24,26). The predicted octanol–water partition coefficient (Wildman–Crippen LogP) is 2.65. The third-order valence-electron chi connectivity index (χ3n) is 7.87. The second kappa shape index (κ2) is 8.27. The van der Waals surface area contributed by atoms with E-state index >= 15 is 0 Å². The normalized spacial score (nSPS) is 42.0. The van der Waals surface area contributed by atoms with Gasteiger partial charge in [-0.25, -0.2) is 0 Å². The van der Waals surface area contributed by atoms with E-state index < -0.39 is 6.10 Å². The molecular weight excluding hydrogens is 388 g/mol. The van der Waals surface area contributed by atoms with Crippen LogP contribution in [0.3, 0.4) is 0 Å². The van der Waals surface area contributed by atoms with Crippen LogP contribution in [0.15, 0.2) is 17.5 Å². The number of nitrogens with one attached hydrogen (secondary N) is 1. The molecule has 0 aromatic carbocycles. The number of carbonyl (C=O) groups excluding carboxylic acids is 1. The van der Waals surface area contributed by atoms with Crippen LogP contribution in [0.4, 0.5) is 0 Å². The molecule has 1 aromatic heterocycles. The quantitative estimate of drug-likeness (QED) is 0.678. The average molecular weight is 423 g/mol. The van der Waals surface area contributed by atoms with Crippen LogP contribution in [0.1, 0.15) is 50.8 Å². The highest BCUT2D eigenvalue weighted by Crippen LogP contribution is 2.62. The van der Waals surface area contributed by atoms with E-state index in [9.17, 15) is 9.90 Å². The first-order chi connectivity index (χ1) is 13.9. The maximum Gasteiger partial charge on any atom is 0.220 e. The van der Waals surface area contributed by atoms with Gasteiger partial charge < -0.3 is 25.6 Å². The monoisotopic (exact) mass is 422 g/mol. The van der Waals surface area contributed by atoms with Gasteiger partial charge in [-0.3, -0.25) is 4.79 Å². The van der Waals surface area contributed by atoms with E-state index in [1.54, 1.807) is 11.3 Å². The molecule has 7 heteroatoms. The van der Waals surface area contributed by atoms with Crippen molar-refractivity contribution < 1.29 is 19.4 Å². The lowest BCUT2D eigenvalue weighted by molar-refractivity contribution is -0.305. The minimum absolute atomic E-state index is 0.0240. The Hall–Kier alpha value is -0.990. The molecule has 29 heavy (non-hydrogen) atoms. The molecule has 1 aliphatic heterocycles. The Morgan fingerprint density at radius 3 is 2.90 bits per heavy atom. The number of carbonyl (C=O) groups is 1. The summed E-state index contributed by atoms with van der Waals surface area (Å²) in [4.78, 5) is 13.9. The molecule has 2 heterocycles. The van der Waals surface area contributed by atoms with Gasteiger partial charge in [0.05, 0.1) is 25.4 Å². The summed E-state index contributed by atoms with van der Waals surface area (Å²) < 4.78 is 12.1. The topological polar surface area (TPSA) is 93.8 Å². The Bertz CT molecular complexity index is 714. The van der Waals surface area contributed by atoms with Gasteiger partial charge in [0.1, 0.15) is 0 Å². The van der Waals surface area contributed by atoms with Crippen LogP contribution in [-0.4, -0.2) is 42.7 Å². The number of rotatable bonds is 5. The second-order valence-corrected chi connectivity index (χ2v) is 10.5. The van der Waals surface area contributed by atoms with Crippen molar-refractivity contribution in [2.75, 3.05) is 13.2 Å². The van der Waals surface area contributed by atoms with Gasteiger partial charge in [-0.15, -0.1) is 11.3 Å². The first-order valence-corrected chi connectivity index (χ1v) is 11.7. The van der Waals surface area contributed by atoms with Gasteiger partial charge in [0, 0.05) is 23.3 Å². The summed E-state index contributed by atoms with van der Waals surface area (Å²) in [6.07, 6.45) is 3.29. The zero-order valence-corrected chi connectivity index (χ0v) is 18.2. The minimum Gasteiger partial charge on any atom is -0.393 e. The molecule has 7 unspecified atom stereocenters. The van der Waals surface area contributed by atoms with E-state index in [1.807, 2.05) is 17.5 Å². The van der Waals surface area contributed by atoms with Gasteiger partial charge in [0.2, 0.25) is 5.91 Å². The third-order valence-corrected chi connectivity index (χ3v) is 8.75. The fraction of sp³-hybridized carbons (Fsp3) is 0.773. The van der Waals surface area contributed by atoms with Crippen molar-refractivity contribution in [1.29, 1.82) is 0 Å². The van der Waals surface area contributed by atoms with E-state index in [2.05, 4.69) is 19.2 Å². The van der Waals surface area contributed by atoms with Crippen molar-refractivity contribution in [1.82, 2.24) is 5.32 Å². The summed E-state index contributed by atoms with van der Waals surface area (Å²) in [7, 11) is 0. The molecule has 162 valence electrons. The number of hydrogen-bond acceptors (Lipinski definition) is 6. The number of thiophene rings is 1. The van der Waals surface area contributed by atoms with Gasteiger partial charge >= 0.3 is 0 Å². The molecule has 7 atom stereocenters. The molecule has 0 bridgehead atoms. The van der Waals surface area contributed by atoms with Crippen LogP contribution in [0.2, 0.25) is 0 Å². The van der Waals surface area contributed by atoms with Crippen LogP contribution in [0, 0.1) is 22.7 Å². The van der Waals surface area contributed by atoms with Crippen LogP contribution in [0.25, 0.3) is 0 Å². The Kier molecular flexibility index (Phi) is 6.06. The molecule has 3 aliphatic rings. The number of aliphatic hydroxyl groups excluding tert-OH is 1. The predicted molar refractivity (Wildman–Crippen MR) is 112 cm³/mol. The van der Waals surface area contributed by atoms with E-state index in [0.29, 0.717) is 32.0 Å². The fourth-order valence-corrected chi connectivity index (χ4v) is 6.93. The summed E-state index contributed by atoms with van der Waals surface area (Å²) >= 11 is 1.64. The summed E-state index contributed by atoms with van der Waals surface area (Å²) in [6.45, 7) is 6.10. The first kappa shape index (κ1) is 21.2. The molecule has 2 saturated carbocycles. The molecule has 6 nitrogen and oxygen atoms in total. The van der Waals surface area contributed by atoms with Crippen LogP contribution < -0.4 is 11.1 Å². The fourth-order valence-electron chi connectivity index (χ4n) is 6.28. The van der Waals surface area contributed by atoms with E-state index in [4.69, 9.17) is 15.2 Å². The van der Waals surface area contributed by atoms with Crippen molar-refractivity contribution in [3.05, 3.63) is 22.4 Å². The average Bonchev–Trinajstić information content (AvgIpc) is 3.22. The summed E-state index contributed by atoms with van der Waals surface area (Å²) in [5.41, 5.74) is 5.55. The van der Waals surface area contributed by atoms with Crippen molar-refractivity contribution in [3.8, 4) is 0 Å². The van der Waals surface area contributed by atoms with Gasteiger partial charge in [-0.1, -0.05) is 19.9 Å². The van der Waals surface area contributed by atoms with Gasteiger partial charge in [0.15, 0.2) is 6.29 Å². The Balaban J connectivity index is 1.48. The van der Waals surface area contributed by atoms with Gasteiger partial charge in [0.25, 0.3) is 0 Å². The highest BCUT2D eigenvalue weighted by molar-refractivity contribution is 7.09. The molecule has 1 aromatic rings. The molecule has 0 spiro atoms. The maximum atomic E-state index is 12.7. The number of hydrogen-bond donors (Lipinski definition) is 3. The first-order valence-electron chi connectivity index (χ1n) is 10.8. The number of ether oxygens (including phenoxy) is 2. The van der Waals surface area contributed by atoms with Crippen LogP contribution >= 0.6 is 11.3 Å². The molecule has 4 N–H and O–H groups in total. The minimum atomic E-state index is -0.439. The molecule has 4 rings (SSSR count). The largest absolute Gasteiger partial charge is 0.393 e. The highest BCUT2D eigenvalue weighted by Gasteiger charge is 2.61. The zero-order chi connectivity index (χ0) is 20.6. The number of amides is 1. The molecule has 1 amide bonds. The van der Waals surface area contributed by atoms with Crippen molar-refractivity contribution in [3.63, 3.8) is 0 Å². The van der Waals surface area contributed by atoms with E-state index in [-0.39, 0.29) is 35.0 Å². The summed E-state index contributed by atoms with van der Waals surface area (Å²) in [5.74, 6) is 0.330. The molecular formula is C22H34N2O4S. The highest BCUT2D eigenvalue weighted by atomic mass is 32.1. The zero-order valence-electron chi connectivity index (χ0n) is 17.4. The smallest absolute Gasteiger partial charge is 0.220 e. The lowest BCUT2D eigenvalue weighted by Gasteiger charge is -2.62. The molecule has 1 saturated heterocycles. The third kappa shape index (κ3) is 3.88. The summed E-state index contributed by atoms with van der Waals surface area (Å²) in [5, 5.41) is 15.9. The molecule has 2 aliphatic carbocycles. The lowest BCUT2D eigenvalue weighted by Crippen LogP contribution is -2.63. The number of aliphatic hydroxyl groups is 1. The van der Waals surface area contributed by atoms with Gasteiger partial charge in [-0.2, -0.15) is 0 Å². The summed E-state index contributed by atoms with van der Waals surface area (Å²) in [6, 6.07) is 4.02.